The van der Waals surface area contributed by atoms with E-state index in [-0.39, 0.29) is 30.7 Å². The van der Waals surface area contributed by atoms with Gasteiger partial charge in [0.05, 0.1) is 24.5 Å². The number of aromatic nitrogens is 2. The summed E-state index contributed by atoms with van der Waals surface area (Å²) in [5.41, 5.74) is 1.82. The average molecular weight is 1060 g/mol. The number of unbranched alkanes of at least 4 members (excludes halogenated alkanes) is 24. The topological polar surface area (TPSA) is 122 Å². The van der Waals surface area contributed by atoms with Crippen LogP contribution in [0, 0.1) is 0 Å². The van der Waals surface area contributed by atoms with Crippen LogP contribution in [0.15, 0.2) is 61.2 Å². The first-order valence-corrected chi connectivity index (χ1v) is 29.2. The second kappa shape index (κ2) is 37.8. The van der Waals surface area contributed by atoms with Crippen molar-refractivity contribution in [1.29, 1.82) is 0 Å². The number of carbonyl (C=O) groups is 3. The second-order valence-corrected chi connectivity index (χ2v) is 20.9. The van der Waals surface area contributed by atoms with Gasteiger partial charge in [0, 0.05) is 74.6 Å². The van der Waals surface area contributed by atoms with Crippen molar-refractivity contribution in [3.63, 3.8) is 0 Å². The molecule has 0 saturated carbocycles. The fraction of sp³-hybridized carbons (Fsp3) is 0.695. The summed E-state index contributed by atoms with van der Waals surface area (Å²) in [6, 6.07) is 13.3. The van der Waals surface area contributed by atoms with Gasteiger partial charge in [0.2, 0.25) is 18.5 Å². The van der Waals surface area contributed by atoms with E-state index in [9.17, 15) is 14.4 Å². The molecule has 0 N–H and O–H groups in total. The van der Waals surface area contributed by atoms with Crippen LogP contribution < -0.4 is 9.64 Å². The molecule has 0 spiro atoms. The van der Waals surface area contributed by atoms with E-state index >= 15 is 0 Å². The Morgan fingerprint density at radius 2 is 1.15 bits per heavy atom. The van der Waals surface area contributed by atoms with E-state index in [1.54, 1.807) is 31.6 Å². The summed E-state index contributed by atoms with van der Waals surface area (Å²) >= 11 is 12.7. The van der Waals surface area contributed by atoms with E-state index in [0.29, 0.717) is 48.2 Å². The minimum absolute atomic E-state index is 0.129. The van der Waals surface area contributed by atoms with Gasteiger partial charge >= 0.3 is 11.9 Å². The van der Waals surface area contributed by atoms with Crippen LogP contribution in [-0.4, -0.2) is 84.6 Å². The number of hydrogen-bond acceptors (Lipinski definition) is 10. The Kier molecular flexibility index (Phi) is 32.0. The third-order valence-electron chi connectivity index (χ3n) is 13.9. The fourth-order valence-electron chi connectivity index (χ4n) is 9.48. The Labute approximate surface area is 449 Å². The predicted molar refractivity (Wildman–Crippen MR) is 295 cm³/mol. The molecule has 2 saturated heterocycles. The summed E-state index contributed by atoms with van der Waals surface area (Å²) < 4.78 is 30.7. The fourth-order valence-corrected chi connectivity index (χ4v) is 10.0. The number of ether oxygens (including phenoxy) is 5. The molecule has 3 aromatic rings. The van der Waals surface area contributed by atoms with Gasteiger partial charge in [-0.3, -0.25) is 14.4 Å². The SMILES string of the molecule is CC(=O)N1CCN(c2ccc(OC[C@H]3CO[C@](Cn4ccnc4)(c4ccc(Cl)cc4Cl)O3)cc2)CC1.CCCCCCCCCCCCCCCC(=O)OCOC(=O)CCCCCCCCCCCCCCC. The van der Waals surface area contributed by atoms with Gasteiger partial charge in [0.1, 0.15) is 18.5 Å². The zero-order valence-electron chi connectivity index (χ0n) is 45.1. The molecule has 5 rings (SSSR count). The molecule has 2 aromatic carbocycles. The molecule has 0 radical (unpaired) electrons. The number of imidazole rings is 1. The van der Waals surface area contributed by atoms with Crippen LogP contribution in [0.25, 0.3) is 0 Å². The summed E-state index contributed by atoms with van der Waals surface area (Å²) in [6.07, 6.45) is 39.3. The summed E-state index contributed by atoms with van der Waals surface area (Å²) in [4.78, 5) is 43.4. The number of hydrogen-bond donors (Lipinski definition) is 0. The third-order valence-corrected chi connectivity index (χ3v) is 14.5. The van der Waals surface area contributed by atoms with Crippen LogP contribution >= 0.6 is 23.2 Å². The predicted octanol–water partition coefficient (Wildman–Crippen LogP) is 15.2. The van der Waals surface area contributed by atoms with Crippen molar-refractivity contribution in [3.8, 4) is 5.75 Å². The van der Waals surface area contributed by atoms with E-state index in [2.05, 4.69) is 23.7 Å². The monoisotopic (exact) mass is 1050 g/mol. The van der Waals surface area contributed by atoms with E-state index < -0.39 is 5.79 Å². The van der Waals surface area contributed by atoms with Gasteiger partial charge in [-0.15, -0.1) is 0 Å². The molecule has 2 atom stereocenters. The molecule has 12 nitrogen and oxygen atoms in total. The van der Waals surface area contributed by atoms with Crippen molar-refractivity contribution in [2.24, 2.45) is 0 Å². The maximum atomic E-state index is 11.8. The quantitative estimate of drug-likeness (QED) is 0.0313. The largest absolute Gasteiger partial charge is 0.491 e. The molecule has 2 aliphatic heterocycles. The minimum Gasteiger partial charge on any atom is -0.491 e. The van der Waals surface area contributed by atoms with E-state index in [1.165, 1.54) is 141 Å². The average Bonchev–Trinajstić information content (AvgIpc) is 4.07. The van der Waals surface area contributed by atoms with E-state index in [1.807, 2.05) is 46.0 Å². The highest BCUT2D eigenvalue weighted by molar-refractivity contribution is 6.35. The summed E-state index contributed by atoms with van der Waals surface area (Å²) in [7, 11) is 0. The van der Waals surface area contributed by atoms with Crippen molar-refractivity contribution < 1.29 is 38.1 Å². The molecule has 1 amide bonds. The van der Waals surface area contributed by atoms with Crippen LogP contribution in [0.3, 0.4) is 0 Å². The molecular weight excluding hydrogens is 964 g/mol. The van der Waals surface area contributed by atoms with Gasteiger partial charge in [-0.1, -0.05) is 197 Å². The molecule has 3 heterocycles. The van der Waals surface area contributed by atoms with Gasteiger partial charge in [0.15, 0.2) is 0 Å². The van der Waals surface area contributed by atoms with Crippen molar-refractivity contribution in [3.05, 3.63) is 76.8 Å². The molecule has 73 heavy (non-hydrogen) atoms. The van der Waals surface area contributed by atoms with E-state index in [0.717, 1.165) is 63.3 Å². The number of piperazine rings is 1. The number of carbonyl (C=O) groups excluding carboxylic acids is 3. The molecule has 1 aromatic heterocycles. The number of esters is 2. The van der Waals surface area contributed by atoms with Crippen LogP contribution in [0.2, 0.25) is 10.0 Å². The molecule has 14 heteroatoms. The second-order valence-electron chi connectivity index (χ2n) is 20.1. The Hall–Kier alpha value is -3.84. The van der Waals surface area contributed by atoms with E-state index in [4.69, 9.17) is 46.9 Å². The number of rotatable bonds is 37. The van der Waals surface area contributed by atoms with Gasteiger partial charge in [-0.2, -0.15) is 0 Å². The first-order chi connectivity index (χ1) is 35.6. The zero-order chi connectivity index (χ0) is 52.2. The zero-order valence-corrected chi connectivity index (χ0v) is 46.6. The first kappa shape index (κ1) is 61.7. The lowest BCUT2D eigenvalue weighted by Crippen LogP contribution is -2.48. The maximum absolute atomic E-state index is 11.8. The van der Waals surface area contributed by atoms with Crippen molar-refractivity contribution >= 4 is 46.7 Å². The Bertz CT molecular complexity index is 1870. The lowest BCUT2D eigenvalue weighted by Gasteiger charge is -2.35. The Morgan fingerprint density at radius 3 is 1.60 bits per heavy atom. The first-order valence-electron chi connectivity index (χ1n) is 28.4. The highest BCUT2D eigenvalue weighted by Crippen LogP contribution is 2.41. The number of amides is 1. The minimum atomic E-state index is -1.08. The lowest BCUT2D eigenvalue weighted by atomic mass is 10.0. The van der Waals surface area contributed by atoms with Gasteiger partial charge in [-0.25, -0.2) is 4.98 Å². The lowest BCUT2D eigenvalue weighted by molar-refractivity contribution is -0.189. The molecule has 0 aliphatic carbocycles. The standard InChI is InChI=1S/C33H64O4.C26H28Cl2N4O4/c1-3-5-7-9-11-13-15-17-19-21-23-25-27-29-32(34)36-31-37-33(35)30-28-26-24-22-20-18-16-14-12-10-8-6-4-2;1-19(33)31-10-12-32(13-11-31)21-3-5-22(6-4-21)34-15-23-16-35-26(36-23,17-30-9-8-29-18-30)24-7-2-20(27)14-25(24)28/h3-31H2,1-2H3;2-9,14,18,23H,10-13,15-17H2,1H3/t;23-,26-/m.0/s1. The highest BCUT2D eigenvalue weighted by Gasteiger charge is 2.45. The molecular formula is C59H92Cl2N4O8. The smallest absolute Gasteiger partial charge is 0.308 e. The van der Waals surface area contributed by atoms with Crippen LogP contribution in [0.1, 0.15) is 206 Å². The number of halogens is 2. The van der Waals surface area contributed by atoms with Gasteiger partial charge in [0.25, 0.3) is 0 Å². The maximum Gasteiger partial charge on any atom is 0.308 e. The molecule has 410 valence electrons. The molecule has 2 fully saturated rings. The number of anilines is 1. The Morgan fingerprint density at radius 1 is 0.658 bits per heavy atom. The molecule has 2 aliphatic rings. The van der Waals surface area contributed by atoms with Crippen molar-refractivity contribution in [1.82, 2.24) is 14.5 Å². The number of benzene rings is 2. The van der Waals surface area contributed by atoms with Crippen LogP contribution in [0.4, 0.5) is 5.69 Å². The highest BCUT2D eigenvalue weighted by atomic mass is 35.5. The number of nitrogens with zero attached hydrogens (tertiary/aromatic N) is 4. The summed E-state index contributed by atoms with van der Waals surface area (Å²) in [6.45, 7) is 10.1. The Balaban J connectivity index is 0.000000316. The van der Waals surface area contributed by atoms with Crippen LogP contribution in [0.5, 0.6) is 5.75 Å². The third kappa shape index (κ3) is 26.0. The summed E-state index contributed by atoms with van der Waals surface area (Å²) in [5.74, 6) is -0.707. The molecule has 0 unspecified atom stereocenters. The van der Waals surface area contributed by atoms with Crippen molar-refractivity contribution in [2.45, 2.75) is 219 Å². The van der Waals surface area contributed by atoms with Crippen molar-refractivity contribution in [2.75, 3.05) is 51.1 Å². The summed E-state index contributed by atoms with van der Waals surface area (Å²) in [5, 5.41) is 1.02. The van der Waals surface area contributed by atoms with Crippen LogP contribution in [-0.2, 0) is 45.7 Å². The molecule has 0 bridgehead atoms. The normalized spacial score (nSPS) is 16.5. The van der Waals surface area contributed by atoms with Gasteiger partial charge in [-0.05, 0) is 49.2 Å². The van der Waals surface area contributed by atoms with Gasteiger partial charge < -0.3 is 38.1 Å².